The molecule has 3 nitrogen and oxygen atoms in total. The van der Waals surface area contributed by atoms with Crippen LogP contribution in [0.25, 0.3) is 0 Å². The van der Waals surface area contributed by atoms with Crippen molar-refractivity contribution in [1.29, 1.82) is 0 Å². The zero-order chi connectivity index (χ0) is 10.3. The van der Waals surface area contributed by atoms with Gasteiger partial charge in [-0.05, 0) is 32.6 Å². The zero-order valence-corrected chi connectivity index (χ0v) is 8.57. The van der Waals surface area contributed by atoms with Crippen molar-refractivity contribution in [2.75, 3.05) is 14.1 Å². The zero-order valence-electron chi connectivity index (χ0n) is 8.57. The van der Waals surface area contributed by atoms with Gasteiger partial charge in [-0.15, -0.1) is 0 Å². The molecule has 0 N–H and O–H groups in total. The summed E-state index contributed by atoms with van der Waals surface area (Å²) in [6.07, 6.45) is 0. The van der Waals surface area contributed by atoms with Crippen LogP contribution in [0.4, 0.5) is 0 Å². The highest BCUT2D eigenvalue weighted by Gasteiger charge is 2.35. The van der Waals surface area contributed by atoms with Gasteiger partial charge in [0.1, 0.15) is 11.8 Å². The van der Waals surface area contributed by atoms with Crippen molar-refractivity contribution >= 4 is 5.97 Å². The fraction of sp³-hybridized carbons (Fsp3) is 0.364. The molecule has 0 radical (unpaired) electrons. The maximum atomic E-state index is 11.6. The highest BCUT2D eigenvalue weighted by atomic mass is 16.5. The van der Waals surface area contributed by atoms with Crippen LogP contribution in [0.5, 0.6) is 5.75 Å². The lowest BCUT2D eigenvalue weighted by molar-refractivity contribution is -0.137. The molecule has 0 aromatic heterocycles. The Bertz CT molecular complexity index is 385. The number of hydrogen-bond acceptors (Lipinski definition) is 3. The van der Waals surface area contributed by atoms with Gasteiger partial charge in [0, 0.05) is 5.56 Å². The molecule has 1 heterocycles. The second-order valence-electron chi connectivity index (χ2n) is 3.77. The SMILES string of the molecule is Cc1cccc2c1C(N(C)C)C(=O)O2. The van der Waals surface area contributed by atoms with Crippen LogP contribution in [0.15, 0.2) is 18.2 Å². The molecular formula is C11H13NO2. The Morgan fingerprint density at radius 2 is 2.07 bits per heavy atom. The minimum atomic E-state index is -0.244. The fourth-order valence-electron chi connectivity index (χ4n) is 1.84. The lowest BCUT2D eigenvalue weighted by Crippen LogP contribution is -2.26. The van der Waals surface area contributed by atoms with Crippen LogP contribution in [-0.4, -0.2) is 25.0 Å². The molecule has 0 spiro atoms. The lowest BCUT2D eigenvalue weighted by atomic mass is 10.0. The number of aryl methyl sites for hydroxylation is 1. The van der Waals surface area contributed by atoms with E-state index in [1.807, 2.05) is 44.1 Å². The quantitative estimate of drug-likeness (QED) is 0.498. The van der Waals surface area contributed by atoms with Gasteiger partial charge in [0.15, 0.2) is 0 Å². The first-order valence-electron chi connectivity index (χ1n) is 4.59. The van der Waals surface area contributed by atoms with E-state index in [1.54, 1.807) is 0 Å². The van der Waals surface area contributed by atoms with Crippen molar-refractivity contribution < 1.29 is 9.53 Å². The Morgan fingerprint density at radius 1 is 1.36 bits per heavy atom. The summed E-state index contributed by atoms with van der Waals surface area (Å²) < 4.78 is 5.18. The molecule has 1 aliphatic rings. The van der Waals surface area contributed by atoms with Crippen LogP contribution in [0.1, 0.15) is 17.2 Å². The molecule has 0 fully saturated rings. The highest BCUT2D eigenvalue weighted by Crippen LogP contribution is 2.37. The van der Waals surface area contributed by atoms with E-state index in [0.29, 0.717) is 5.75 Å². The van der Waals surface area contributed by atoms with E-state index >= 15 is 0 Å². The number of carbonyl (C=O) groups is 1. The minimum Gasteiger partial charge on any atom is -0.425 e. The van der Waals surface area contributed by atoms with E-state index in [2.05, 4.69) is 0 Å². The fourth-order valence-corrected chi connectivity index (χ4v) is 1.84. The average molecular weight is 191 g/mol. The Morgan fingerprint density at radius 3 is 2.71 bits per heavy atom. The number of benzene rings is 1. The van der Waals surface area contributed by atoms with Gasteiger partial charge in [-0.25, -0.2) is 4.79 Å². The number of hydrogen-bond donors (Lipinski definition) is 0. The maximum Gasteiger partial charge on any atom is 0.333 e. The van der Waals surface area contributed by atoms with Gasteiger partial charge >= 0.3 is 5.97 Å². The number of rotatable bonds is 1. The third-order valence-corrected chi connectivity index (χ3v) is 2.51. The van der Waals surface area contributed by atoms with E-state index in [0.717, 1.165) is 11.1 Å². The second kappa shape index (κ2) is 3.10. The number of likely N-dealkylation sites (N-methyl/N-ethyl adjacent to an activating group) is 1. The van der Waals surface area contributed by atoms with Gasteiger partial charge in [-0.1, -0.05) is 12.1 Å². The maximum absolute atomic E-state index is 11.6. The molecule has 2 rings (SSSR count). The monoisotopic (exact) mass is 191 g/mol. The Hall–Kier alpha value is -1.35. The summed E-state index contributed by atoms with van der Waals surface area (Å²) in [6.45, 7) is 2.00. The predicted octanol–water partition coefficient (Wildman–Crippen LogP) is 1.52. The smallest absolute Gasteiger partial charge is 0.333 e. The van der Waals surface area contributed by atoms with Crippen LogP contribution in [0, 0.1) is 6.92 Å². The summed E-state index contributed by atoms with van der Waals surface area (Å²) in [4.78, 5) is 13.4. The van der Waals surface area contributed by atoms with Gasteiger partial charge < -0.3 is 4.74 Å². The van der Waals surface area contributed by atoms with E-state index < -0.39 is 0 Å². The molecule has 1 aromatic rings. The van der Waals surface area contributed by atoms with Gasteiger partial charge in [-0.2, -0.15) is 0 Å². The Labute approximate surface area is 83.3 Å². The molecule has 1 aliphatic heterocycles. The number of esters is 1. The van der Waals surface area contributed by atoms with Crippen LogP contribution >= 0.6 is 0 Å². The molecule has 74 valence electrons. The average Bonchev–Trinajstić information content (AvgIpc) is 2.42. The van der Waals surface area contributed by atoms with E-state index in [-0.39, 0.29) is 12.0 Å². The molecule has 14 heavy (non-hydrogen) atoms. The van der Waals surface area contributed by atoms with Crippen molar-refractivity contribution in [2.45, 2.75) is 13.0 Å². The van der Waals surface area contributed by atoms with E-state index in [9.17, 15) is 4.79 Å². The molecule has 0 saturated carbocycles. The van der Waals surface area contributed by atoms with Gasteiger partial charge in [0.05, 0.1) is 0 Å². The summed E-state index contributed by atoms with van der Waals surface area (Å²) in [5.41, 5.74) is 2.11. The van der Waals surface area contributed by atoms with Crippen molar-refractivity contribution in [3.05, 3.63) is 29.3 Å². The van der Waals surface area contributed by atoms with Crippen LogP contribution in [-0.2, 0) is 4.79 Å². The van der Waals surface area contributed by atoms with E-state index in [1.165, 1.54) is 0 Å². The molecule has 1 atom stereocenters. The highest BCUT2D eigenvalue weighted by molar-refractivity contribution is 5.86. The molecule has 0 saturated heterocycles. The third kappa shape index (κ3) is 1.21. The van der Waals surface area contributed by atoms with Crippen LogP contribution in [0.3, 0.4) is 0 Å². The molecular weight excluding hydrogens is 178 g/mol. The second-order valence-corrected chi connectivity index (χ2v) is 3.77. The first-order chi connectivity index (χ1) is 6.61. The van der Waals surface area contributed by atoms with E-state index in [4.69, 9.17) is 4.74 Å². The third-order valence-electron chi connectivity index (χ3n) is 2.51. The van der Waals surface area contributed by atoms with Crippen LogP contribution in [0.2, 0.25) is 0 Å². The summed E-state index contributed by atoms with van der Waals surface area (Å²) in [6, 6.07) is 5.49. The van der Waals surface area contributed by atoms with Crippen molar-refractivity contribution in [1.82, 2.24) is 4.90 Å². The number of nitrogens with zero attached hydrogens (tertiary/aromatic N) is 1. The van der Waals surface area contributed by atoms with Crippen molar-refractivity contribution in [3.63, 3.8) is 0 Å². The standard InChI is InChI=1S/C11H13NO2/c1-7-5-4-6-8-9(7)10(12(2)3)11(13)14-8/h4-6,10H,1-3H3. The lowest BCUT2D eigenvalue weighted by Gasteiger charge is -2.16. The van der Waals surface area contributed by atoms with Crippen molar-refractivity contribution in [2.24, 2.45) is 0 Å². The molecule has 0 amide bonds. The van der Waals surface area contributed by atoms with Crippen molar-refractivity contribution in [3.8, 4) is 5.75 Å². The summed E-state index contributed by atoms with van der Waals surface area (Å²) in [5, 5.41) is 0. The number of ether oxygens (including phenoxy) is 1. The van der Waals surface area contributed by atoms with Gasteiger partial charge in [-0.3, -0.25) is 4.90 Å². The van der Waals surface area contributed by atoms with Gasteiger partial charge in [0.25, 0.3) is 0 Å². The Kier molecular flexibility index (Phi) is 2.04. The number of fused-ring (bicyclic) bond motifs is 1. The molecule has 1 aromatic carbocycles. The molecule has 0 bridgehead atoms. The minimum absolute atomic E-state index is 0.181. The van der Waals surface area contributed by atoms with Gasteiger partial charge in [0.2, 0.25) is 0 Å². The Balaban J connectivity index is 2.55. The van der Waals surface area contributed by atoms with Crippen LogP contribution < -0.4 is 4.74 Å². The molecule has 0 aliphatic carbocycles. The first kappa shape index (κ1) is 9.21. The first-order valence-corrected chi connectivity index (χ1v) is 4.59. The predicted molar refractivity (Wildman–Crippen MR) is 53.2 cm³/mol. The summed E-state index contributed by atoms with van der Waals surface area (Å²) >= 11 is 0. The number of carbonyl (C=O) groups excluding carboxylic acids is 1. The summed E-state index contributed by atoms with van der Waals surface area (Å²) in [5.74, 6) is 0.521. The normalized spacial score (nSPS) is 19.7. The molecule has 1 unspecified atom stereocenters. The summed E-state index contributed by atoms with van der Waals surface area (Å²) in [7, 11) is 3.76. The molecule has 3 heteroatoms. The topological polar surface area (TPSA) is 29.5 Å². The largest absolute Gasteiger partial charge is 0.425 e.